The van der Waals surface area contributed by atoms with E-state index < -0.39 is 0 Å². The van der Waals surface area contributed by atoms with E-state index in [1.807, 2.05) is 25.1 Å². The number of halogens is 1. The second-order valence-corrected chi connectivity index (χ2v) is 6.33. The van der Waals surface area contributed by atoms with Crippen molar-refractivity contribution in [3.8, 4) is 0 Å². The number of hydrogen-bond donors (Lipinski definition) is 2. The highest BCUT2D eigenvalue weighted by molar-refractivity contribution is 5.74. The summed E-state index contributed by atoms with van der Waals surface area (Å²) in [4.78, 5) is 16.0. The molecule has 1 aromatic rings. The molecule has 2 N–H and O–H groups in total. The van der Waals surface area contributed by atoms with Crippen LogP contribution in [0.4, 0.5) is 9.18 Å². The summed E-state index contributed by atoms with van der Waals surface area (Å²) in [7, 11) is 3.82. The predicted octanol–water partition coefficient (Wildman–Crippen LogP) is 1.84. The van der Waals surface area contributed by atoms with Crippen LogP contribution in [-0.2, 0) is 0 Å². The van der Waals surface area contributed by atoms with E-state index in [1.54, 1.807) is 11.0 Å². The molecule has 2 rings (SSSR count). The van der Waals surface area contributed by atoms with Crippen molar-refractivity contribution in [2.45, 2.75) is 18.9 Å². The third-order valence-electron chi connectivity index (χ3n) is 4.46. The molecule has 1 atom stereocenters. The molecule has 1 aromatic carbocycles. The van der Waals surface area contributed by atoms with Crippen LogP contribution in [0.25, 0.3) is 0 Å². The molecule has 0 spiro atoms. The van der Waals surface area contributed by atoms with E-state index in [9.17, 15) is 9.18 Å². The van der Waals surface area contributed by atoms with Crippen molar-refractivity contribution in [3.05, 3.63) is 35.6 Å². The summed E-state index contributed by atoms with van der Waals surface area (Å²) < 4.78 is 13.4. The highest BCUT2D eigenvalue weighted by Crippen LogP contribution is 2.19. The molecular weight excluding hydrogens is 297 g/mol. The largest absolute Gasteiger partial charge is 0.396 e. The quantitative estimate of drug-likeness (QED) is 0.869. The number of likely N-dealkylation sites (tertiary alicyclic amines) is 1. The van der Waals surface area contributed by atoms with E-state index in [1.165, 1.54) is 12.1 Å². The van der Waals surface area contributed by atoms with Crippen LogP contribution in [-0.4, -0.2) is 61.3 Å². The molecule has 0 radical (unpaired) electrons. The fourth-order valence-electron chi connectivity index (χ4n) is 2.93. The van der Waals surface area contributed by atoms with Gasteiger partial charge in [0.2, 0.25) is 0 Å². The molecule has 2 amide bonds. The lowest BCUT2D eigenvalue weighted by atomic mass is 9.98. The molecule has 1 unspecified atom stereocenters. The van der Waals surface area contributed by atoms with E-state index >= 15 is 0 Å². The number of rotatable bonds is 5. The minimum Gasteiger partial charge on any atom is -0.396 e. The zero-order valence-corrected chi connectivity index (χ0v) is 13.8. The Morgan fingerprint density at radius 3 is 2.70 bits per heavy atom. The summed E-state index contributed by atoms with van der Waals surface area (Å²) in [6, 6.07) is 6.30. The minimum absolute atomic E-state index is 0.0790. The molecule has 1 saturated heterocycles. The van der Waals surface area contributed by atoms with Gasteiger partial charge in [-0.15, -0.1) is 0 Å². The Kier molecular flexibility index (Phi) is 6.36. The van der Waals surface area contributed by atoms with Crippen LogP contribution in [0.15, 0.2) is 24.3 Å². The van der Waals surface area contributed by atoms with Gasteiger partial charge in [0.15, 0.2) is 0 Å². The van der Waals surface area contributed by atoms with Gasteiger partial charge >= 0.3 is 6.03 Å². The monoisotopic (exact) mass is 323 g/mol. The molecule has 0 aromatic heterocycles. The first kappa shape index (κ1) is 17.7. The zero-order chi connectivity index (χ0) is 16.8. The lowest BCUT2D eigenvalue weighted by Gasteiger charge is -2.32. The average Bonchev–Trinajstić information content (AvgIpc) is 2.54. The Morgan fingerprint density at radius 1 is 1.43 bits per heavy atom. The van der Waals surface area contributed by atoms with Gasteiger partial charge in [-0.3, -0.25) is 0 Å². The van der Waals surface area contributed by atoms with Crippen molar-refractivity contribution >= 4 is 6.03 Å². The Bertz CT molecular complexity index is 516. The van der Waals surface area contributed by atoms with Crippen LogP contribution < -0.4 is 5.32 Å². The van der Waals surface area contributed by atoms with Crippen LogP contribution in [0, 0.1) is 11.7 Å². The van der Waals surface area contributed by atoms with Gasteiger partial charge in [-0.1, -0.05) is 12.1 Å². The van der Waals surface area contributed by atoms with E-state index in [-0.39, 0.29) is 24.5 Å². The number of amides is 2. The van der Waals surface area contributed by atoms with E-state index in [0.29, 0.717) is 25.6 Å². The summed E-state index contributed by atoms with van der Waals surface area (Å²) in [5, 5.41) is 12.1. The number of aliphatic hydroxyl groups is 1. The highest BCUT2D eigenvalue weighted by Gasteiger charge is 2.23. The molecule has 5 nitrogen and oxygen atoms in total. The number of carbonyl (C=O) groups is 1. The summed E-state index contributed by atoms with van der Waals surface area (Å²) in [5.74, 6) is 0.0348. The van der Waals surface area contributed by atoms with Crippen LogP contribution in [0.1, 0.15) is 24.4 Å². The lowest BCUT2D eigenvalue weighted by Crippen LogP contribution is -2.46. The third kappa shape index (κ3) is 4.91. The molecule has 0 saturated carbocycles. The van der Waals surface area contributed by atoms with E-state index in [2.05, 4.69) is 5.32 Å². The molecule has 1 heterocycles. The number of aliphatic hydroxyl groups excluding tert-OH is 1. The Morgan fingerprint density at radius 2 is 2.13 bits per heavy atom. The van der Waals surface area contributed by atoms with Crippen molar-refractivity contribution in [3.63, 3.8) is 0 Å². The maximum atomic E-state index is 13.4. The highest BCUT2D eigenvalue weighted by atomic mass is 19.1. The number of urea groups is 1. The number of carbonyl (C=O) groups excluding carboxylic acids is 1. The first-order valence-corrected chi connectivity index (χ1v) is 8.06. The molecule has 1 aliphatic heterocycles. The van der Waals surface area contributed by atoms with Crippen molar-refractivity contribution in [2.24, 2.45) is 5.92 Å². The van der Waals surface area contributed by atoms with Crippen molar-refractivity contribution < 1.29 is 14.3 Å². The van der Waals surface area contributed by atoms with Crippen molar-refractivity contribution in [1.82, 2.24) is 15.1 Å². The second kappa shape index (κ2) is 8.26. The van der Waals surface area contributed by atoms with Gasteiger partial charge in [0.1, 0.15) is 5.82 Å². The molecule has 0 bridgehead atoms. The Hall–Kier alpha value is -1.66. The molecule has 1 aliphatic rings. The lowest BCUT2D eigenvalue weighted by molar-refractivity contribution is 0.136. The number of nitrogens with one attached hydrogen (secondary N) is 1. The van der Waals surface area contributed by atoms with Gasteiger partial charge in [-0.2, -0.15) is 0 Å². The van der Waals surface area contributed by atoms with Crippen molar-refractivity contribution in [1.29, 1.82) is 0 Å². The van der Waals surface area contributed by atoms with Gasteiger partial charge in [-0.25, -0.2) is 9.18 Å². The topological polar surface area (TPSA) is 55.8 Å². The number of nitrogens with zero attached hydrogens (tertiary/aromatic N) is 2. The van der Waals surface area contributed by atoms with Crippen LogP contribution in [0.2, 0.25) is 0 Å². The van der Waals surface area contributed by atoms with E-state index in [4.69, 9.17) is 5.11 Å². The fourth-order valence-corrected chi connectivity index (χ4v) is 2.93. The second-order valence-electron chi connectivity index (χ2n) is 6.33. The number of hydrogen-bond acceptors (Lipinski definition) is 3. The Balaban J connectivity index is 1.90. The number of piperidine rings is 1. The molecule has 23 heavy (non-hydrogen) atoms. The standard InChI is InChI=1S/C17H26FN3O2/c1-20(2)16(14-4-3-5-15(18)10-14)11-19-17(23)21-8-6-13(12-22)7-9-21/h3-5,10,13,16,22H,6-9,11-12H2,1-2H3,(H,19,23). The van der Waals surface area contributed by atoms with Crippen LogP contribution in [0.3, 0.4) is 0 Å². The fraction of sp³-hybridized carbons (Fsp3) is 0.588. The van der Waals surface area contributed by atoms with Gasteiger partial charge in [0, 0.05) is 26.2 Å². The average molecular weight is 323 g/mol. The van der Waals surface area contributed by atoms with Gasteiger partial charge in [-0.05, 0) is 50.6 Å². The van der Waals surface area contributed by atoms with Gasteiger partial charge in [0.25, 0.3) is 0 Å². The zero-order valence-electron chi connectivity index (χ0n) is 13.8. The number of likely N-dealkylation sites (N-methyl/N-ethyl adjacent to an activating group) is 1. The smallest absolute Gasteiger partial charge is 0.317 e. The third-order valence-corrected chi connectivity index (χ3v) is 4.46. The maximum Gasteiger partial charge on any atom is 0.317 e. The summed E-state index contributed by atoms with van der Waals surface area (Å²) >= 11 is 0. The molecule has 0 aliphatic carbocycles. The normalized spacial score (nSPS) is 17.3. The minimum atomic E-state index is -0.272. The molecule has 1 fully saturated rings. The predicted molar refractivity (Wildman–Crippen MR) is 87.6 cm³/mol. The van der Waals surface area contributed by atoms with Gasteiger partial charge in [0.05, 0.1) is 6.04 Å². The first-order chi connectivity index (χ1) is 11.0. The van der Waals surface area contributed by atoms with Gasteiger partial charge < -0.3 is 20.2 Å². The molecule has 6 heteroatoms. The van der Waals surface area contributed by atoms with Crippen molar-refractivity contribution in [2.75, 3.05) is 40.3 Å². The summed E-state index contributed by atoms with van der Waals surface area (Å²) in [6.45, 7) is 1.96. The summed E-state index contributed by atoms with van der Waals surface area (Å²) in [5.41, 5.74) is 0.842. The van der Waals surface area contributed by atoms with Crippen LogP contribution >= 0.6 is 0 Å². The first-order valence-electron chi connectivity index (χ1n) is 8.06. The summed E-state index contributed by atoms with van der Waals surface area (Å²) in [6.07, 6.45) is 1.68. The Labute approximate surface area is 137 Å². The maximum absolute atomic E-state index is 13.4. The SMILES string of the molecule is CN(C)C(CNC(=O)N1CCC(CO)CC1)c1cccc(F)c1. The van der Waals surface area contributed by atoms with E-state index in [0.717, 1.165) is 18.4 Å². The molecular formula is C17H26FN3O2. The van der Waals surface area contributed by atoms with Crippen LogP contribution in [0.5, 0.6) is 0 Å². The number of benzene rings is 1. The molecule has 128 valence electrons.